The second kappa shape index (κ2) is 15.5. The minimum Gasteiger partial charge on any atom is -0.467 e. The largest absolute Gasteiger partial charge is 0.467 e. The van der Waals surface area contributed by atoms with Crippen LogP contribution in [-0.2, 0) is 25.7 Å². The highest BCUT2D eigenvalue weighted by Crippen LogP contribution is 2.12. The Balaban J connectivity index is 2.31. The lowest BCUT2D eigenvalue weighted by molar-refractivity contribution is -0.384. The number of non-ortho nitro benzene ring substituents is 1. The lowest BCUT2D eigenvalue weighted by Crippen LogP contribution is -2.48. The zero-order chi connectivity index (χ0) is 24.6. The Bertz CT molecular complexity index is 773. The summed E-state index contributed by atoms with van der Waals surface area (Å²) in [6.07, 6.45) is 2.74. The number of ether oxygens (including phenoxy) is 2. The van der Waals surface area contributed by atoms with Crippen molar-refractivity contribution in [2.75, 3.05) is 20.2 Å². The van der Waals surface area contributed by atoms with Gasteiger partial charge in [-0.3, -0.25) is 14.9 Å². The number of nitro groups is 1. The van der Waals surface area contributed by atoms with E-state index in [-0.39, 0.29) is 12.3 Å². The van der Waals surface area contributed by atoms with Crippen molar-refractivity contribution in [2.45, 2.75) is 57.2 Å². The summed E-state index contributed by atoms with van der Waals surface area (Å²) >= 11 is 0. The molecule has 12 heteroatoms. The molecule has 0 saturated carbocycles. The fourth-order valence-corrected chi connectivity index (χ4v) is 2.89. The van der Waals surface area contributed by atoms with Gasteiger partial charge >= 0.3 is 12.1 Å². The Morgan fingerprint density at radius 2 is 1.76 bits per heavy atom. The molecule has 12 nitrogen and oxygen atoms in total. The fraction of sp³-hybridized carbons (Fsp3) is 0.571. The predicted octanol–water partition coefficient (Wildman–Crippen LogP) is 1.11. The standard InChI is InChI=1S/C21H33N5O7/c1-32-20(28)18(25-19(27)17(23)6-2-4-12-22)7-3-5-13-24-21(29)33-14-15-8-10-16(11-9-15)26(30)31/h8-11,17-18H,2-7,12-14,22-23H2,1H3,(H,24,29)(H,25,27)/t17-,18-/m0/s1. The normalized spacial score (nSPS) is 12.3. The van der Waals surface area contributed by atoms with E-state index in [1.165, 1.54) is 31.4 Å². The minimum absolute atomic E-state index is 0.0220. The van der Waals surface area contributed by atoms with Crippen LogP contribution in [0.1, 0.15) is 44.1 Å². The van der Waals surface area contributed by atoms with Crippen LogP contribution in [0.15, 0.2) is 24.3 Å². The van der Waals surface area contributed by atoms with Gasteiger partial charge in [0.05, 0.1) is 18.1 Å². The molecule has 0 fully saturated rings. The van der Waals surface area contributed by atoms with Gasteiger partial charge in [-0.05, 0) is 56.3 Å². The van der Waals surface area contributed by atoms with Crippen LogP contribution in [0.4, 0.5) is 10.5 Å². The number of nitrogens with one attached hydrogen (secondary N) is 2. The number of carbonyl (C=O) groups excluding carboxylic acids is 3. The Kier molecular flexibility index (Phi) is 13.1. The Labute approximate surface area is 192 Å². The summed E-state index contributed by atoms with van der Waals surface area (Å²) in [6.45, 7) is 0.809. The van der Waals surface area contributed by atoms with Gasteiger partial charge in [0.1, 0.15) is 12.6 Å². The van der Waals surface area contributed by atoms with Gasteiger partial charge in [0.15, 0.2) is 0 Å². The molecule has 2 atom stereocenters. The number of rotatable bonds is 15. The van der Waals surface area contributed by atoms with E-state index in [1.54, 1.807) is 0 Å². The van der Waals surface area contributed by atoms with Crippen LogP contribution < -0.4 is 22.1 Å². The second-order valence-corrected chi connectivity index (χ2v) is 7.40. The van der Waals surface area contributed by atoms with E-state index in [2.05, 4.69) is 10.6 Å². The van der Waals surface area contributed by atoms with E-state index >= 15 is 0 Å². The van der Waals surface area contributed by atoms with Crippen molar-refractivity contribution in [1.29, 1.82) is 0 Å². The number of nitrogens with two attached hydrogens (primary N) is 2. The molecule has 0 aliphatic rings. The molecule has 0 aliphatic heterocycles. The van der Waals surface area contributed by atoms with Crippen molar-refractivity contribution >= 4 is 23.7 Å². The van der Waals surface area contributed by atoms with Crippen LogP contribution in [0.3, 0.4) is 0 Å². The number of nitrogens with zero attached hydrogens (tertiary/aromatic N) is 1. The molecule has 2 amide bonds. The summed E-state index contributed by atoms with van der Waals surface area (Å²) in [4.78, 5) is 46.1. The summed E-state index contributed by atoms with van der Waals surface area (Å²) in [5, 5.41) is 15.8. The smallest absolute Gasteiger partial charge is 0.407 e. The molecule has 0 aliphatic carbocycles. The SMILES string of the molecule is COC(=O)[C@H](CCCCNC(=O)OCc1ccc([N+](=O)[O-])cc1)NC(=O)[C@@H](N)CCCCN. The summed E-state index contributed by atoms with van der Waals surface area (Å²) in [5.41, 5.74) is 11.9. The number of hydrogen-bond acceptors (Lipinski definition) is 9. The average Bonchev–Trinajstić information content (AvgIpc) is 2.81. The maximum Gasteiger partial charge on any atom is 0.407 e. The average molecular weight is 468 g/mol. The highest BCUT2D eigenvalue weighted by atomic mass is 16.6. The molecule has 1 aromatic rings. The van der Waals surface area contributed by atoms with Gasteiger partial charge in [0, 0.05) is 18.7 Å². The predicted molar refractivity (Wildman–Crippen MR) is 120 cm³/mol. The van der Waals surface area contributed by atoms with Crippen LogP contribution in [0.5, 0.6) is 0 Å². The highest BCUT2D eigenvalue weighted by Gasteiger charge is 2.23. The molecule has 1 rings (SSSR count). The van der Waals surface area contributed by atoms with Crippen LogP contribution >= 0.6 is 0 Å². The van der Waals surface area contributed by atoms with E-state index < -0.39 is 35.0 Å². The van der Waals surface area contributed by atoms with E-state index in [1.807, 2.05) is 0 Å². The first-order valence-corrected chi connectivity index (χ1v) is 10.8. The molecule has 0 radical (unpaired) electrons. The summed E-state index contributed by atoms with van der Waals surface area (Å²) in [7, 11) is 1.24. The first-order valence-electron chi connectivity index (χ1n) is 10.8. The highest BCUT2D eigenvalue weighted by molar-refractivity contribution is 5.87. The van der Waals surface area contributed by atoms with Crippen molar-refractivity contribution in [1.82, 2.24) is 10.6 Å². The third kappa shape index (κ3) is 11.3. The zero-order valence-corrected chi connectivity index (χ0v) is 18.8. The lowest BCUT2D eigenvalue weighted by Gasteiger charge is -2.19. The van der Waals surface area contributed by atoms with E-state index in [4.69, 9.17) is 20.9 Å². The number of carbonyl (C=O) groups is 3. The summed E-state index contributed by atoms with van der Waals surface area (Å²) in [5.74, 6) is -0.983. The number of hydrogen-bond donors (Lipinski definition) is 4. The molecule has 33 heavy (non-hydrogen) atoms. The van der Waals surface area contributed by atoms with Crippen LogP contribution in [0.2, 0.25) is 0 Å². The quantitative estimate of drug-likeness (QED) is 0.127. The number of nitro benzene ring substituents is 1. The number of alkyl carbamates (subject to hydrolysis) is 1. The molecule has 0 saturated heterocycles. The lowest BCUT2D eigenvalue weighted by atomic mass is 10.1. The van der Waals surface area contributed by atoms with Gasteiger partial charge in [-0.2, -0.15) is 0 Å². The topological polar surface area (TPSA) is 189 Å². The molecule has 0 bridgehead atoms. The first kappa shape index (κ1) is 27.8. The fourth-order valence-electron chi connectivity index (χ4n) is 2.89. The van der Waals surface area contributed by atoms with Gasteiger partial charge in [-0.1, -0.05) is 6.42 Å². The molecule has 1 aromatic carbocycles. The molecule has 0 spiro atoms. The Morgan fingerprint density at radius 3 is 2.36 bits per heavy atom. The van der Waals surface area contributed by atoms with Gasteiger partial charge in [0.25, 0.3) is 5.69 Å². The van der Waals surface area contributed by atoms with Crippen molar-refractivity contribution < 1.29 is 28.8 Å². The molecular weight excluding hydrogens is 434 g/mol. The third-order valence-electron chi connectivity index (χ3n) is 4.81. The van der Waals surface area contributed by atoms with Crippen molar-refractivity contribution in [3.8, 4) is 0 Å². The van der Waals surface area contributed by atoms with E-state index in [9.17, 15) is 24.5 Å². The number of benzene rings is 1. The Morgan fingerprint density at radius 1 is 1.09 bits per heavy atom. The number of unbranched alkanes of at least 4 members (excludes halogenated alkanes) is 2. The van der Waals surface area contributed by atoms with Gasteiger partial charge in [0.2, 0.25) is 5.91 Å². The molecule has 184 valence electrons. The van der Waals surface area contributed by atoms with Crippen molar-refractivity contribution in [3.63, 3.8) is 0 Å². The number of esters is 1. The van der Waals surface area contributed by atoms with Crippen LogP contribution in [0, 0.1) is 10.1 Å². The van der Waals surface area contributed by atoms with Crippen molar-refractivity contribution in [2.24, 2.45) is 11.5 Å². The van der Waals surface area contributed by atoms with Crippen molar-refractivity contribution in [3.05, 3.63) is 39.9 Å². The number of amides is 2. The zero-order valence-electron chi connectivity index (χ0n) is 18.8. The summed E-state index contributed by atoms with van der Waals surface area (Å²) < 4.78 is 9.80. The van der Waals surface area contributed by atoms with E-state index in [0.29, 0.717) is 44.3 Å². The van der Waals surface area contributed by atoms with Gasteiger partial charge < -0.3 is 31.6 Å². The molecule has 0 unspecified atom stereocenters. The van der Waals surface area contributed by atoms with Crippen LogP contribution in [0.25, 0.3) is 0 Å². The monoisotopic (exact) mass is 467 g/mol. The molecule has 0 aromatic heterocycles. The van der Waals surface area contributed by atoms with E-state index in [0.717, 1.165) is 12.8 Å². The Hall–Kier alpha value is -3.25. The molecular formula is C21H33N5O7. The second-order valence-electron chi connectivity index (χ2n) is 7.40. The van der Waals surface area contributed by atoms with Crippen LogP contribution in [-0.4, -0.2) is 55.2 Å². The number of methoxy groups -OCH3 is 1. The molecule has 0 heterocycles. The van der Waals surface area contributed by atoms with Gasteiger partial charge in [-0.15, -0.1) is 0 Å². The summed E-state index contributed by atoms with van der Waals surface area (Å²) in [6, 6.07) is 4.14. The third-order valence-corrected chi connectivity index (χ3v) is 4.81. The first-order chi connectivity index (χ1) is 15.8. The molecule has 6 N–H and O–H groups in total. The maximum absolute atomic E-state index is 12.2. The maximum atomic E-state index is 12.2. The minimum atomic E-state index is -0.822. The van der Waals surface area contributed by atoms with Gasteiger partial charge in [-0.25, -0.2) is 9.59 Å².